The van der Waals surface area contributed by atoms with Gasteiger partial charge in [0.05, 0.1) is 7.77 Å². The third-order valence-electron chi connectivity index (χ3n) is 2.56. The molecule has 0 saturated carbocycles. The van der Waals surface area contributed by atoms with Crippen molar-refractivity contribution in [2.24, 2.45) is 5.92 Å². The molecule has 1 rings (SSSR count). The Labute approximate surface area is 100.0 Å². The highest BCUT2D eigenvalue weighted by molar-refractivity contribution is 7.50. The van der Waals surface area contributed by atoms with E-state index in [1.54, 1.807) is 0 Å². The molecule has 0 bridgehead atoms. The van der Waals surface area contributed by atoms with Gasteiger partial charge in [-0.3, -0.25) is 0 Å². The predicted octanol–water partition coefficient (Wildman–Crippen LogP) is 3.18. The average Bonchev–Trinajstić information content (AvgIpc) is 2.09. The number of rotatable bonds is 3. The molecular weight excluding hydrogens is 215 g/mol. The maximum Gasteiger partial charge on any atom is 0.112 e. The Hall–Kier alpha value is -0.650. The van der Waals surface area contributed by atoms with Crippen molar-refractivity contribution in [1.82, 2.24) is 0 Å². The fourth-order valence-corrected chi connectivity index (χ4v) is 3.47. The largest absolute Gasteiger partial charge is 0.630 e. The van der Waals surface area contributed by atoms with Crippen molar-refractivity contribution >= 4 is 13.6 Å². The van der Waals surface area contributed by atoms with Gasteiger partial charge in [0.1, 0.15) is 12.0 Å². The standard InChI is InChI=1S/C14H21OP/c1-10(2)8-16(15)9-14-12(4)6-11(3)7-13(14)5/h6-7,9-10H,8H2,1-5H3. The third kappa shape index (κ3) is 3.73. The molecule has 0 aliphatic rings. The molecule has 1 aromatic carbocycles. The quantitative estimate of drug-likeness (QED) is 0.739. The van der Waals surface area contributed by atoms with Crippen molar-refractivity contribution < 1.29 is 4.89 Å². The van der Waals surface area contributed by atoms with E-state index in [9.17, 15) is 4.89 Å². The molecule has 0 radical (unpaired) electrons. The minimum absolute atomic E-state index is 0.492. The smallest absolute Gasteiger partial charge is 0.112 e. The van der Waals surface area contributed by atoms with Crippen LogP contribution in [0.25, 0.3) is 0 Å². The van der Waals surface area contributed by atoms with Gasteiger partial charge in [-0.2, -0.15) is 0 Å². The third-order valence-corrected chi connectivity index (χ3v) is 4.19. The Morgan fingerprint density at radius 1 is 1.19 bits per heavy atom. The number of aryl methyl sites for hydroxylation is 3. The summed E-state index contributed by atoms with van der Waals surface area (Å²) >= 11 is 0. The van der Waals surface area contributed by atoms with Gasteiger partial charge >= 0.3 is 0 Å². The van der Waals surface area contributed by atoms with Crippen LogP contribution in [0.1, 0.15) is 36.1 Å². The zero-order chi connectivity index (χ0) is 12.3. The van der Waals surface area contributed by atoms with E-state index >= 15 is 0 Å². The van der Waals surface area contributed by atoms with Gasteiger partial charge in [0.2, 0.25) is 0 Å². The van der Waals surface area contributed by atoms with Crippen LogP contribution in [0.2, 0.25) is 0 Å². The number of hydrogen-bond acceptors (Lipinski definition) is 1. The molecule has 1 unspecified atom stereocenters. The highest BCUT2D eigenvalue weighted by Gasteiger charge is 2.07. The molecule has 1 atom stereocenters. The maximum atomic E-state index is 11.9. The van der Waals surface area contributed by atoms with E-state index in [0.29, 0.717) is 5.92 Å². The average molecular weight is 236 g/mol. The van der Waals surface area contributed by atoms with Gasteiger partial charge in [-0.25, -0.2) is 0 Å². The van der Waals surface area contributed by atoms with Crippen molar-refractivity contribution in [3.05, 3.63) is 34.4 Å². The van der Waals surface area contributed by atoms with E-state index in [4.69, 9.17) is 0 Å². The van der Waals surface area contributed by atoms with E-state index in [-0.39, 0.29) is 0 Å². The Morgan fingerprint density at radius 2 is 1.69 bits per heavy atom. The first kappa shape index (κ1) is 13.4. The van der Waals surface area contributed by atoms with Crippen LogP contribution < -0.4 is 4.89 Å². The van der Waals surface area contributed by atoms with Crippen molar-refractivity contribution in [2.75, 3.05) is 6.16 Å². The Morgan fingerprint density at radius 3 is 2.12 bits per heavy atom. The zero-order valence-electron chi connectivity index (χ0n) is 10.9. The summed E-state index contributed by atoms with van der Waals surface area (Å²) in [4.78, 5) is 11.9. The minimum atomic E-state index is -1.21. The highest BCUT2D eigenvalue weighted by atomic mass is 31.1. The van der Waals surface area contributed by atoms with Crippen LogP contribution in [0.4, 0.5) is 0 Å². The zero-order valence-corrected chi connectivity index (χ0v) is 11.8. The molecule has 0 heterocycles. The summed E-state index contributed by atoms with van der Waals surface area (Å²) < 4.78 is 0. The minimum Gasteiger partial charge on any atom is -0.630 e. The van der Waals surface area contributed by atoms with E-state index in [1.165, 1.54) is 16.7 Å². The summed E-state index contributed by atoms with van der Waals surface area (Å²) in [6, 6.07) is 4.30. The summed E-state index contributed by atoms with van der Waals surface area (Å²) in [6.07, 6.45) is 0.780. The van der Waals surface area contributed by atoms with Gasteiger partial charge in [-0.15, -0.1) is 0 Å². The Balaban J connectivity index is 3.05. The van der Waals surface area contributed by atoms with E-state index in [1.807, 2.05) is 5.80 Å². The molecular formula is C14H21OP. The number of benzene rings is 1. The molecule has 2 heteroatoms. The second-order valence-corrected chi connectivity index (χ2v) is 6.39. The first-order valence-corrected chi connectivity index (χ1v) is 7.28. The van der Waals surface area contributed by atoms with Crippen LogP contribution in [-0.4, -0.2) is 12.0 Å². The fraction of sp³-hybridized carbons (Fsp3) is 0.500. The van der Waals surface area contributed by atoms with Crippen LogP contribution >= 0.6 is 7.77 Å². The van der Waals surface area contributed by atoms with Gasteiger partial charge in [-0.05, 0) is 37.8 Å². The molecule has 0 aromatic heterocycles. The maximum absolute atomic E-state index is 11.9. The SMILES string of the molecule is Cc1cc(C)c(C=[P+]([O-])CC(C)C)c(C)c1. The fourth-order valence-electron chi connectivity index (χ4n) is 1.95. The molecule has 0 spiro atoms. The molecule has 1 aromatic rings. The van der Waals surface area contributed by atoms with Crippen LogP contribution in [0.3, 0.4) is 0 Å². The van der Waals surface area contributed by atoms with Crippen molar-refractivity contribution in [3.8, 4) is 0 Å². The molecule has 0 saturated heterocycles. The lowest BCUT2D eigenvalue weighted by Gasteiger charge is -2.07. The number of hydrogen-bond donors (Lipinski definition) is 0. The first-order valence-electron chi connectivity index (χ1n) is 5.76. The summed E-state index contributed by atoms with van der Waals surface area (Å²) in [5.74, 6) is 2.44. The van der Waals surface area contributed by atoms with E-state index < -0.39 is 7.77 Å². The van der Waals surface area contributed by atoms with Crippen molar-refractivity contribution in [3.63, 3.8) is 0 Å². The second kappa shape index (κ2) is 5.61. The summed E-state index contributed by atoms with van der Waals surface area (Å²) in [7, 11) is -1.21. The molecule has 0 aliphatic carbocycles. The Kier molecular flexibility index (Phi) is 4.70. The summed E-state index contributed by atoms with van der Waals surface area (Å²) in [5, 5.41) is 0. The lowest BCUT2D eigenvalue weighted by atomic mass is 10.0. The molecule has 16 heavy (non-hydrogen) atoms. The highest BCUT2D eigenvalue weighted by Crippen LogP contribution is 2.21. The van der Waals surface area contributed by atoms with Crippen LogP contribution in [-0.2, 0) is 0 Å². The monoisotopic (exact) mass is 236 g/mol. The molecule has 0 aliphatic heterocycles. The van der Waals surface area contributed by atoms with Crippen LogP contribution in [0.5, 0.6) is 0 Å². The normalized spacial score (nSPS) is 12.3. The lowest BCUT2D eigenvalue weighted by Crippen LogP contribution is -2.03. The van der Waals surface area contributed by atoms with Gasteiger partial charge in [-0.1, -0.05) is 31.5 Å². The van der Waals surface area contributed by atoms with Crippen molar-refractivity contribution in [1.29, 1.82) is 0 Å². The van der Waals surface area contributed by atoms with Gasteiger partial charge < -0.3 is 4.89 Å². The molecule has 0 amide bonds. The molecule has 88 valence electrons. The lowest BCUT2D eigenvalue weighted by molar-refractivity contribution is -0.153. The van der Waals surface area contributed by atoms with Crippen LogP contribution in [0.15, 0.2) is 12.1 Å². The second-order valence-electron chi connectivity index (χ2n) is 4.93. The van der Waals surface area contributed by atoms with Gasteiger partial charge in [0.15, 0.2) is 0 Å². The van der Waals surface area contributed by atoms with Gasteiger partial charge in [0, 0.05) is 5.56 Å². The Bertz CT molecular complexity index is 382. The molecule has 0 fully saturated rings. The van der Waals surface area contributed by atoms with Crippen molar-refractivity contribution in [2.45, 2.75) is 34.6 Å². The topological polar surface area (TPSA) is 23.1 Å². The predicted molar refractivity (Wildman–Crippen MR) is 72.4 cm³/mol. The summed E-state index contributed by atoms with van der Waals surface area (Å²) in [6.45, 7) is 10.5. The molecule has 1 nitrogen and oxygen atoms in total. The van der Waals surface area contributed by atoms with E-state index in [0.717, 1.165) is 11.7 Å². The molecule has 0 N–H and O–H groups in total. The first-order chi connectivity index (χ1) is 7.40. The van der Waals surface area contributed by atoms with Gasteiger partial charge in [0.25, 0.3) is 0 Å². The van der Waals surface area contributed by atoms with Crippen LogP contribution in [0, 0.1) is 26.7 Å². The summed E-state index contributed by atoms with van der Waals surface area (Å²) in [5.41, 5.74) is 4.88. The van der Waals surface area contributed by atoms with E-state index in [2.05, 4.69) is 46.8 Å².